The van der Waals surface area contributed by atoms with Crippen LogP contribution in [0.15, 0.2) is 30.3 Å². The molecular weight excluding hydrogens is 264 g/mol. The monoisotopic (exact) mass is 286 g/mol. The van der Waals surface area contributed by atoms with Crippen molar-refractivity contribution in [2.24, 2.45) is 11.8 Å². The smallest absolute Gasteiger partial charge is 0.269 e. The van der Waals surface area contributed by atoms with E-state index < -0.39 is 0 Å². The van der Waals surface area contributed by atoms with Crippen molar-refractivity contribution in [1.82, 2.24) is 10.3 Å². The number of benzene rings is 1. The first kappa shape index (κ1) is 15.3. The van der Waals surface area contributed by atoms with E-state index in [4.69, 9.17) is 5.84 Å². The lowest BCUT2D eigenvalue weighted by Crippen LogP contribution is -2.26. The Bertz CT molecular complexity index is 625. The Hall–Kier alpha value is -2.14. The summed E-state index contributed by atoms with van der Waals surface area (Å²) < 4.78 is 0. The number of nitrogen functional groups attached to an aromatic ring is 1. The molecule has 0 fully saturated rings. The Morgan fingerprint density at radius 2 is 2.10 bits per heavy atom. The quantitative estimate of drug-likeness (QED) is 0.433. The average molecular weight is 286 g/mol. The number of hydrazine groups is 1. The van der Waals surface area contributed by atoms with Gasteiger partial charge in [0.05, 0.1) is 0 Å². The fourth-order valence-corrected chi connectivity index (χ4v) is 2.23. The first-order valence-electron chi connectivity index (χ1n) is 7.26. The minimum absolute atomic E-state index is 0.166. The number of hydrogen-bond donors (Lipinski definition) is 3. The van der Waals surface area contributed by atoms with Gasteiger partial charge >= 0.3 is 0 Å². The number of nitrogens with one attached hydrogen (secondary N) is 2. The van der Waals surface area contributed by atoms with Crippen LogP contribution in [0.4, 0.5) is 5.82 Å². The van der Waals surface area contributed by atoms with Crippen LogP contribution in [0.1, 0.15) is 37.2 Å². The Balaban J connectivity index is 2.12. The van der Waals surface area contributed by atoms with Gasteiger partial charge in [-0.1, -0.05) is 38.1 Å². The number of nitrogens with two attached hydrogens (primary N) is 1. The van der Waals surface area contributed by atoms with Gasteiger partial charge in [0.25, 0.3) is 5.91 Å². The van der Waals surface area contributed by atoms with Crippen LogP contribution in [0.3, 0.4) is 0 Å². The summed E-state index contributed by atoms with van der Waals surface area (Å²) in [6.07, 6.45) is 2.07. The summed E-state index contributed by atoms with van der Waals surface area (Å²) in [4.78, 5) is 16.4. The number of nitrogens with zero attached hydrogens (tertiary/aromatic N) is 1. The van der Waals surface area contributed by atoms with Crippen molar-refractivity contribution in [3.05, 3.63) is 36.0 Å². The lowest BCUT2D eigenvalue weighted by atomic mass is 10.1. The van der Waals surface area contributed by atoms with Crippen LogP contribution in [0.5, 0.6) is 0 Å². The van der Waals surface area contributed by atoms with Gasteiger partial charge in [-0.05, 0) is 30.2 Å². The van der Waals surface area contributed by atoms with Crippen molar-refractivity contribution in [3.63, 3.8) is 0 Å². The lowest BCUT2D eigenvalue weighted by molar-refractivity contribution is 0.0948. The molecule has 0 aliphatic rings. The van der Waals surface area contributed by atoms with Crippen molar-refractivity contribution in [2.75, 3.05) is 12.0 Å². The average Bonchev–Trinajstić information content (AvgIpc) is 2.50. The van der Waals surface area contributed by atoms with Gasteiger partial charge < -0.3 is 10.7 Å². The van der Waals surface area contributed by atoms with E-state index in [1.54, 1.807) is 6.07 Å². The minimum Gasteiger partial charge on any atom is -0.351 e. The van der Waals surface area contributed by atoms with Crippen LogP contribution in [0.25, 0.3) is 10.8 Å². The Kier molecular flexibility index (Phi) is 5.11. The number of hydrogen-bond acceptors (Lipinski definition) is 4. The summed E-state index contributed by atoms with van der Waals surface area (Å²) in [7, 11) is 0. The molecule has 5 nitrogen and oxygen atoms in total. The second kappa shape index (κ2) is 7.04. The van der Waals surface area contributed by atoms with Gasteiger partial charge in [-0.15, -0.1) is 0 Å². The van der Waals surface area contributed by atoms with Gasteiger partial charge in [0, 0.05) is 11.9 Å². The number of fused-ring (bicyclic) bond motifs is 1. The number of rotatable bonds is 6. The van der Waals surface area contributed by atoms with E-state index in [-0.39, 0.29) is 5.91 Å². The van der Waals surface area contributed by atoms with E-state index in [1.807, 2.05) is 24.3 Å². The van der Waals surface area contributed by atoms with Crippen molar-refractivity contribution in [2.45, 2.75) is 26.7 Å². The second-order valence-corrected chi connectivity index (χ2v) is 5.51. The van der Waals surface area contributed by atoms with Crippen LogP contribution < -0.4 is 16.6 Å². The van der Waals surface area contributed by atoms with Crippen LogP contribution in [-0.4, -0.2) is 17.4 Å². The molecular formula is C16H22N4O. The standard InChI is InChI=1S/C16H22N4O/c1-11(2)6-5-9-18-16(21)14-10-12-7-3-4-8-13(12)15(19-14)20-17/h3-4,7-8,10-11H,5-6,9,17H2,1-2H3,(H,18,21)(H,19,20). The number of anilines is 1. The fraction of sp³-hybridized carbons (Fsp3) is 0.375. The summed E-state index contributed by atoms with van der Waals surface area (Å²) in [5.74, 6) is 6.49. The fourth-order valence-electron chi connectivity index (χ4n) is 2.23. The maximum Gasteiger partial charge on any atom is 0.269 e. The number of aromatic nitrogens is 1. The molecule has 1 amide bonds. The third kappa shape index (κ3) is 3.92. The van der Waals surface area contributed by atoms with Gasteiger partial charge in [-0.25, -0.2) is 10.8 Å². The van der Waals surface area contributed by atoms with E-state index in [1.165, 1.54) is 0 Å². The van der Waals surface area contributed by atoms with Gasteiger partial charge in [0.2, 0.25) is 0 Å². The predicted octanol–water partition coefficient (Wildman–Crippen LogP) is 2.69. The van der Waals surface area contributed by atoms with Crippen LogP contribution in [-0.2, 0) is 0 Å². The zero-order chi connectivity index (χ0) is 15.2. The molecule has 4 N–H and O–H groups in total. The molecule has 0 bridgehead atoms. The Morgan fingerprint density at radius 1 is 1.33 bits per heavy atom. The first-order chi connectivity index (χ1) is 10.1. The van der Waals surface area contributed by atoms with Gasteiger partial charge in [-0.2, -0.15) is 0 Å². The molecule has 0 radical (unpaired) electrons. The van der Waals surface area contributed by atoms with Crippen molar-refractivity contribution in [3.8, 4) is 0 Å². The molecule has 1 aromatic heterocycles. The third-order valence-electron chi connectivity index (χ3n) is 3.35. The minimum atomic E-state index is -0.166. The summed E-state index contributed by atoms with van der Waals surface area (Å²) >= 11 is 0. The van der Waals surface area contributed by atoms with E-state index >= 15 is 0 Å². The van der Waals surface area contributed by atoms with Gasteiger partial charge in [0.15, 0.2) is 0 Å². The molecule has 2 aromatic rings. The van der Waals surface area contributed by atoms with Crippen molar-refractivity contribution < 1.29 is 4.79 Å². The van der Waals surface area contributed by atoms with Crippen LogP contribution >= 0.6 is 0 Å². The molecule has 112 valence electrons. The van der Waals surface area contributed by atoms with Crippen LogP contribution in [0.2, 0.25) is 0 Å². The number of amides is 1. The SMILES string of the molecule is CC(C)CCCNC(=O)c1cc2ccccc2c(NN)n1. The Labute approximate surface area is 124 Å². The van der Waals surface area contributed by atoms with E-state index in [2.05, 4.69) is 29.6 Å². The van der Waals surface area contributed by atoms with Gasteiger partial charge in [0.1, 0.15) is 11.5 Å². The number of pyridine rings is 1. The van der Waals surface area contributed by atoms with Crippen molar-refractivity contribution >= 4 is 22.5 Å². The molecule has 0 unspecified atom stereocenters. The molecule has 0 aliphatic carbocycles. The molecule has 0 spiro atoms. The summed E-state index contributed by atoms with van der Waals surface area (Å²) in [5, 5.41) is 4.74. The largest absolute Gasteiger partial charge is 0.351 e. The number of carbonyl (C=O) groups is 1. The van der Waals surface area contributed by atoms with E-state index in [9.17, 15) is 4.79 Å². The highest BCUT2D eigenvalue weighted by Gasteiger charge is 2.11. The van der Waals surface area contributed by atoms with Crippen LogP contribution in [0, 0.1) is 5.92 Å². The second-order valence-electron chi connectivity index (χ2n) is 5.51. The zero-order valence-corrected chi connectivity index (χ0v) is 12.5. The maximum absolute atomic E-state index is 12.2. The highest BCUT2D eigenvalue weighted by Crippen LogP contribution is 2.21. The zero-order valence-electron chi connectivity index (χ0n) is 12.5. The van der Waals surface area contributed by atoms with Gasteiger partial charge in [-0.3, -0.25) is 4.79 Å². The predicted molar refractivity (Wildman–Crippen MR) is 86.0 cm³/mol. The molecule has 0 saturated heterocycles. The number of carbonyl (C=O) groups excluding carboxylic acids is 1. The van der Waals surface area contributed by atoms with E-state index in [0.29, 0.717) is 24.0 Å². The Morgan fingerprint density at radius 3 is 2.81 bits per heavy atom. The molecule has 21 heavy (non-hydrogen) atoms. The topological polar surface area (TPSA) is 80.0 Å². The first-order valence-corrected chi connectivity index (χ1v) is 7.26. The molecule has 0 aliphatic heterocycles. The molecule has 1 heterocycles. The molecule has 1 aromatic carbocycles. The normalized spacial score (nSPS) is 10.9. The highest BCUT2D eigenvalue weighted by molar-refractivity contribution is 6.00. The van der Waals surface area contributed by atoms with E-state index in [0.717, 1.165) is 23.6 Å². The molecule has 0 saturated carbocycles. The summed E-state index contributed by atoms with van der Waals surface area (Å²) in [6, 6.07) is 9.48. The van der Waals surface area contributed by atoms with Crippen molar-refractivity contribution in [1.29, 1.82) is 0 Å². The maximum atomic E-state index is 12.2. The highest BCUT2D eigenvalue weighted by atomic mass is 16.1. The summed E-state index contributed by atoms with van der Waals surface area (Å²) in [6.45, 7) is 5.01. The third-order valence-corrected chi connectivity index (χ3v) is 3.35. The molecule has 2 rings (SSSR count). The lowest BCUT2D eigenvalue weighted by Gasteiger charge is -2.10. The molecule has 5 heteroatoms. The molecule has 0 atom stereocenters. The summed E-state index contributed by atoms with van der Waals surface area (Å²) in [5.41, 5.74) is 2.94.